The van der Waals surface area contributed by atoms with Crippen LogP contribution in [0.15, 0.2) is 23.1 Å². The number of carbonyl (C=O) groups excluding carboxylic acids is 1. The highest BCUT2D eigenvalue weighted by atomic mass is 35.5. The Balaban J connectivity index is 1.61. The maximum Gasteiger partial charge on any atom is 0.408 e. The van der Waals surface area contributed by atoms with Crippen LogP contribution in [0.3, 0.4) is 0 Å². The monoisotopic (exact) mass is 551 g/mol. The van der Waals surface area contributed by atoms with Crippen molar-refractivity contribution in [3.63, 3.8) is 0 Å². The number of fused-ring (bicyclic) bond motifs is 1. The average molecular weight is 552 g/mol. The quantitative estimate of drug-likeness (QED) is 0.414. The molecule has 4 rings (SSSR count). The van der Waals surface area contributed by atoms with E-state index < -0.39 is 17.3 Å². The van der Waals surface area contributed by atoms with E-state index in [9.17, 15) is 9.59 Å². The molecule has 1 fully saturated rings. The van der Waals surface area contributed by atoms with Crippen molar-refractivity contribution < 1.29 is 23.7 Å². The summed E-state index contributed by atoms with van der Waals surface area (Å²) < 4.78 is 21.5. The molecule has 3 heterocycles. The summed E-state index contributed by atoms with van der Waals surface area (Å²) in [6.07, 6.45) is 1.01. The Morgan fingerprint density at radius 1 is 1.11 bits per heavy atom. The number of anilines is 1. The second-order valence-electron chi connectivity index (χ2n) is 9.33. The average Bonchev–Trinajstić information content (AvgIpc) is 3.24. The van der Waals surface area contributed by atoms with Crippen LogP contribution < -0.4 is 25.7 Å². The summed E-state index contributed by atoms with van der Waals surface area (Å²) in [5, 5.41) is 6.83. The van der Waals surface area contributed by atoms with Crippen molar-refractivity contribution in [1.29, 1.82) is 0 Å². The first-order chi connectivity index (χ1) is 17.5. The summed E-state index contributed by atoms with van der Waals surface area (Å²) in [6, 6.07) is 2.47. The van der Waals surface area contributed by atoms with Gasteiger partial charge in [-0.3, -0.25) is 4.79 Å². The zero-order valence-electron chi connectivity index (χ0n) is 20.9. The Morgan fingerprint density at radius 2 is 1.76 bits per heavy atom. The highest BCUT2D eigenvalue weighted by Crippen LogP contribution is 2.45. The van der Waals surface area contributed by atoms with Crippen LogP contribution in [-0.2, 0) is 9.47 Å². The van der Waals surface area contributed by atoms with Gasteiger partial charge in [0.25, 0.3) is 5.56 Å². The summed E-state index contributed by atoms with van der Waals surface area (Å²) >= 11 is 13.0. The van der Waals surface area contributed by atoms with Gasteiger partial charge < -0.3 is 34.6 Å². The Kier molecular flexibility index (Phi) is 7.67. The lowest BCUT2D eigenvalue weighted by atomic mass is 10.0. The number of benzene rings is 1. The first-order valence-electron chi connectivity index (χ1n) is 11.3. The molecule has 2 aromatic heterocycles. The van der Waals surface area contributed by atoms with Crippen LogP contribution in [0.1, 0.15) is 20.8 Å². The van der Waals surface area contributed by atoms with Crippen molar-refractivity contribution in [2.24, 2.45) is 0 Å². The second-order valence-corrected chi connectivity index (χ2v) is 10.1. The van der Waals surface area contributed by atoms with E-state index in [1.807, 2.05) is 0 Å². The number of ether oxygens (including phenoxy) is 4. The SMILES string of the molecule is COc1cc(OC)c(Cl)c(-c2cc3cnc(N[C@@H]4COC[C@@H]4NC(=O)OC(C)(C)C)nc3[nH]c2=O)c1Cl. The van der Waals surface area contributed by atoms with Crippen LogP contribution in [0.25, 0.3) is 22.2 Å². The summed E-state index contributed by atoms with van der Waals surface area (Å²) in [5.41, 5.74) is -0.323. The van der Waals surface area contributed by atoms with Gasteiger partial charge in [0.2, 0.25) is 5.95 Å². The molecule has 3 N–H and O–H groups in total. The van der Waals surface area contributed by atoms with Crippen molar-refractivity contribution >= 4 is 46.3 Å². The number of alkyl carbamates (subject to hydrolysis) is 1. The summed E-state index contributed by atoms with van der Waals surface area (Å²) in [4.78, 5) is 36.8. The predicted octanol–water partition coefficient (Wildman–Crippen LogP) is 4.01. The minimum Gasteiger partial charge on any atom is -0.495 e. The molecule has 2 atom stereocenters. The number of halogens is 2. The number of rotatable bonds is 6. The Morgan fingerprint density at radius 3 is 2.38 bits per heavy atom. The summed E-state index contributed by atoms with van der Waals surface area (Å²) in [7, 11) is 2.91. The number of hydrogen-bond donors (Lipinski definition) is 3. The van der Waals surface area contributed by atoms with E-state index in [0.717, 1.165) is 0 Å². The Hall–Kier alpha value is -3.28. The second kappa shape index (κ2) is 10.6. The van der Waals surface area contributed by atoms with Gasteiger partial charge in [-0.25, -0.2) is 9.78 Å². The van der Waals surface area contributed by atoms with Crippen LogP contribution >= 0.6 is 23.2 Å². The molecule has 0 unspecified atom stereocenters. The van der Waals surface area contributed by atoms with Gasteiger partial charge in [0.15, 0.2) is 0 Å². The molecule has 0 spiro atoms. The maximum absolute atomic E-state index is 13.1. The smallest absolute Gasteiger partial charge is 0.408 e. The van der Waals surface area contributed by atoms with Crippen molar-refractivity contribution in [3.8, 4) is 22.6 Å². The topological polar surface area (TPSA) is 137 Å². The van der Waals surface area contributed by atoms with Gasteiger partial charge >= 0.3 is 6.09 Å². The van der Waals surface area contributed by atoms with E-state index in [0.29, 0.717) is 35.7 Å². The zero-order valence-corrected chi connectivity index (χ0v) is 22.4. The van der Waals surface area contributed by atoms with Crippen molar-refractivity contribution in [3.05, 3.63) is 38.7 Å². The molecule has 3 aromatic rings. The molecule has 198 valence electrons. The molecule has 0 radical (unpaired) electrons. The first kappa shape index (κ1) is 26.8. The highest BCUT2D eigenvalue weighted by Gasteiger charge is 2.32. The fourth-order valence-corrected chi connectivity index (χ4v) is 4.54. The molecular formula is C24H27Cl2N5O6. The number of H-pyrrole nitrogens is 1. The lowest BCUT2D eigenvalue weighted by Crippen LogP contribution is -2.47. The Bertz CT molecular complexity index is 1360. The fourth-order valence-electron chi connectivity index (χ4n) is 3.83. The molecular weight excluding hydrogens is 525 g/mol. The minimum absolute atomic E-state index is 0.169. The molecule has 0 bridgehead atoms. The lowest BCUT2D eigenvalue weighted by molar-refractivity contribution is 0.0497. The fraction of sp³-hybridized carbons (Fsp3) is 0.417. The van der Waals surface area contributed by atoms with Crippen LogP contribution in [0, 0.1) is 0 Å². The van der Waals surface area contributed by atoms with Crippen molar-refractivity contribution in [2.45, 2.75) is 38.5 Å². The number of nitrogens with zero attached hydrogens (tertiary/aromatic N) is 2. The lowest BCUT2D eigenvalue weighted by Gasteiger charge is -2.24. The Labute approximate surface area is 222 Å². The molecule has 13 heteroatoms. The van der Waals surface area contributed by atoms with Crippen LogP contribution in [0.2, 0.25) is 10.0 Å². The van der Waals surface area contributed by atoms with E-state index in [4.69, 9.17) is 42.1 Å². The number of pyridine rings is 1. The van der Waals surface area contributed by atoms with Gasteiger partial charge in [0.1, 0.15) is 22.7 Å². The number of methoxy groups -OCH3 is 2. The number of carbonyl (C=O) groups is 1. The summed E-state index contributed by atoms with van der Waals surface area (Å²) in [5.74, 6) is 0.865. The van der Waals surface area contributed by atoms with Gasteiger partial charge in [0, 0.05) is 23.2 Å². The van der Waals surface area contributed by atoms with E-state index in [-0.39, 0.29) is 39.2 Å². The van der Waals surface area contributed by atoms with E-state index >= 15 is 0 Å². The number of nitrogens with one attached hydrogen (secondary N) is 3. The molecule has 0 saturated carbocycles. The minimum atomic E-state index is -0.622. The summed E-state index contributed by atoms with van der Waals surface area (Å²) in [6.45, 7) is 5.99. The third kappa shape index (κ3) is 5.84. The van der Waals surface area contributed by atoms with Crippen LogP contribution in [0.5, 0.6) is 11.5 Å². The van der Waals surface area contributed by atoms with Crippen LogP contribution in [0.4, 0.5) is 10.7 Å². The van der Waals surface area contributed by atoms with Crippen LogP contribution in [-0.4, -0.2) is 66.2 Å². The van der Waals surface area contributed by atoms with E-state index in [2.05, 4.69) is 25.6 Å². The largest absolute Gasteiger partial charge is 0.495 e. The molecule has 1 aliphatic heterocycles. The van der Waals surface area contributed by atoms with Gasteiger partial charge in [-0.05, 0) is 26.8 Å². The number of hydrogen-bond acceptors (Lipinski definition) is 9. The van der Waals surface area contributed by atoms with Gasteiger partial charge in [-0.1, -0.05) is 23.2 Å². The molecule has 0 aliphatic carbocycles. The first-order valence-corrected chi connectivity index (χ1v) is 12.1. The van der Waals surface area contributed by atoms with E-state index in [1.54, 1.807) is 39.1 Å². The standard InChI is InChI=1S/C24H27Cl2N5O6/c1-24(2,3)37-23(33)29-14-10-36-9-13(14)28-22-27-8-11-6-12(21(32)30-20(11)31-22)17-18(25)15(34-4)7-16(35-5)19(17)26/h6-8,13-14H,9-10H2,1-5H3,(H,29,33)(H2,27,28,30,31,32)/t13-,14+/m1/s1. The predicted molar refractivity (Wildman–Crippen MR) is 140 cm³/mol. The molecule has 37 heavy (non-hydrogen) atoms. The normalized spacial score (nSPS) is 17.5. The molecule has 11 nitrogen and oxygen atoms in total. The van der Waals surface area contributed by atoms with Crippen molar-refractivity contribution in [1.82, 2.24) is 20.3 Å². The third-order valence-electron chi connectivity index (χ3n) is 5.53. The van der Waals surface area contributed by atoms with Crippen molar-refractivity contribution in [2.75, 3.05) is 32.8 Å². The molecule has 1 aromatic carbocycles. The van der Waals surface area contributed by atoms with E-state index in [1.165, 1.54) is 14.2 Å². The number of aromatic amines is 1. The van der Waals surface area contributed by atoms with Gasteiger partial charge in [-0.15, -0.1) is 0 Å². The number of aromatic nitrogens is 3. The highest BCUT2D eigenvalue weighted by molar-refractivity contribution is 6.41. The molecule has 1 aliphatic rings. The molecule has 1 saturated heterocycles. The molecule has 1 amide bonds. The number of amides is 1. The maximum atomic E-state index is 13.1. The third-order valence-corrected chi connectivity index (χ3v) is 6.28. The van der Waals surface area contributed by atoms with Gasteiger partial charge in [0.05, 0.1) is 55.1 Å². The zero-order chi connectivity index (χ0) is 26.9. The van der Waals surface area contributed by atoms with Gasteiger partial charge in [-0.2, -0.15) is 4.98 Å².